The molecule has 0 bridgehead atoms. The molecule has 1 aromatic heterocycles. The summed E-state index contributed by atoms with van der Waals surface area (Å²) in [7, 11) is 3.45. The average molecular weight is 184 g/mol. The number of hydrogen-bond donors (Lipinski definition) is 1. The van der Waals surface area contributed by atoms with Crippen molar-refractivity contribution in [3.05, 3.63) is 22.4 Å². The van der Waals surface area contributed by atoms with Crippen molar-refractivity contribution in [3.8, 4) is 0 Å². The molecule has 1 heterocycles. The molecule has 0 aliphatic heterocycles. The Bertz CT molecular complexity index is 244. The molecule has 2 amide bonds. The SMILES string of the molecule is CN(C)C(=O)NCc1ccsc1. The molecule has 0 radical (unpaired) electrons. The minimum Gasteiger partial charge on any atom is -0.334 e. The van der Waals surface area contributed by atoms with Crippen LogP contribution in [-0.2, 0) is 6.54 Å². The van der Waals surface area contributed by atoms with E-state index in [0.717, 1.165) is 5.56 Å². The first-order valence-electron chi connectivity index (χ1n) is 3.66. The molecule has 0 aliphatic rings. The summed E-state index contributed by atoms with van der Waals surface area (Å²) in [5, 5.41) is 6.80. The third-order valence-corrected chi connectivity index (χ3v) is 2.16. The van der Waals surface area contributed by atoms with Gasteiger partial charge in [0.25, 0.3) is 0 Å². The van der Waals surface area contributed by atoms with Gasteiger partial charge >= 0.3 is 6.03 Å². The first-order valence-corrected chi connectivity index (χ1v) is 4.60. The van der Waals surface area contributed by atoms with Crippen LogP contribution < -0.4 is 5.32 Å². The van der Waals surface area contributed by atoms with E-state index in [1.807, 2.05) is 16.8 Å². The van der Waals surface area contributed by atoms with Gasteiger partial charge in [0.15, 0.2) is 0 Å². The third-order valence-electron chi connectivity index (χ3n) is 1.43. The van der Waals surface area contributed by atoms with Crippen molar-refractivity contribution in [2.75, 3.05) is 14.1 Å². The number of amides is 2. The summed E-state index contributed by atoms with van der Waals surface area (Å²) in [6, 6.07) is 1.95. The lowest BCUT2D eigenvalue weighted by Gasteiger charge is -2.10. The van der Waals surface area contributed by atoms with Gasteiger partial charge in [0.2, 0.25) is 0 Å². The monoisotopic (exact) mass is 184 g/mol. The molecule has 0 aliphatic carbocycles. The molecule has 1 rings (SSSR count). The molecule has 4 heteroatoms. The standard InChI is InChI=1S/C8H12N2OS/c1-10(2)8(11)9-5-7-3-4-12-6-7/h3-4,6H,5H2,1-2H3,(H,9,11). The molecule has 0 saturated heterocycles. The number of nitrogens with one attached hydrogen (secondary N) is 1. The first kappa shape index (κ1) is 9.06. The van der Waals surface area contributed by atoms with Gasteiger partial charge in [0, 0.05) is 20.6 Å². The number of hydrogen-bond acceptors (Lipinski definition) is 2. The van der Waals surface area contributed by atoms with Crippen LogP contribution in [0.2, 0.25) is 0 Å². The number of rotatable bonds is 2. The largest absolute Gasteiger partial charge is 0.334 e. The van der Waals surface area contributed by atoms with Crippen LogP contribution in [0.25, 0.3) is 0 Å². The maximum Gasteiger partial charge on any atom is 0.317 e. The molecule has 0 aromatic carbocycles. The molecule has 12 heavy (non-hydrogen) atoms. The summed E-state index contributed by atoms with van der Waals surface area (Å²) in [5.41, 5.74) is 1.15. The molecule has 0 atom stereocenters. The van der Waals surface area contributed by atoms with Crippen LogP contribution in [0.15, 0.2) is 16.8 Å². The zero-order chi connectivity index (χ0) is 8.97. The van der Waals surface area contributed by atoms with Crippen LogP contribution in [0, 0.1) is 0 Å². The van der Waals surface area contributed by atoms with Crippen LogP contribution in [0.3, 0.4) is 0 Å². The van der Waals surface area contributed by atoms with Gasteiger partial charge in [-0.1, -0.05) is 0 Å². The van der Waals surface area contributed by atoms with E-state index >= 15 is 0 Å². The van der Waals surface area contributed by atoms with E-state index in [-0.39, 0.29) is 6.03 Å². The smallest absolute Gasteiger partial charge is 0.317 e. The highest BCUT2D eigenvalue weighted by molar-refractivity contribution is 7.07. The number of carbonyl (C=O) groups excluding carboxylic acids is 1. The van der Waals surface area contributed by atoms with Crippen molar-refractivity contribution < 1.29 is 4.79 Å². The van der Waals surface area contributed by atoms with E-state index in [9.17, 15) is 4.79 Å². The maximum absolute atomic E-state index is 11.1. The third kappa shape index (κ3) is 2.54. The van der Waals surface area contributed by atoms with Gasteiger partial charge in [-0.25, -0.2) is 4.79 Å². The number of thiophene rings is 1. The number of urea groups is 1. The van der Waals surface area contributed by atoms with Crippen molar-refractivity contribution in [3.63, 3.8) is 0 Å². The van der Waals surface area contributed by atoms with Gasteiger partial charge in [-0.3, -0.25) is 0 Å². The van der Waals surface area contributed by atoms with Crippen molar-refractivity contribution in [2.45, 2.75) is 6.54 Å². The Morgan fingerprint density at radius 3 is 2.92 bits per heavy atom. The Morgan fingerprint density at radius 1 is 1.67 bits per heavy atom. The van der Waals surface area contributed by atoms with Gasteiger partial charge in [-0.05, 0) is 22.4 Å². The number of carbonyl (C=O) groups is 1. The molecule has 0 fully saturated rings. The van der Waals surface area contributed by atoms with E-state index in [1.165, 1.54) is 4.90 Å². The Balaban J connectivity index is 2.32. The van der Waals surface area contributed by atoms with Crippen molar-refractivity contribution in [1.82, 2.24) is 10.2 Å². The van der Waals surface area contributed by atoms with Crippen LogP contribution >= 0.6 is 11.3 Å². The second-order valence-corrected chi connectivity index (χ2v) is 3.46. The Hall–Kier alpha value is -1.03. The van der Waals surface area contributed by atoms with Crippen molar-refractivity contribution >= 4 is 17.4 Å². The summed E-state index contributed by atoms with van der Waals surface area (Å²) >= 11 is 1.63. The molecule has 0 saturated carbocycles. The molecule has 0 spiro atoms. The second-order valence-electron chi connectivity index (χ2n) is 2.68. The lowest BCUT2D eigenvalue weighted by atomic mass is 10.3. The van der Waals surface area contributed by atoms with Gasteiger partial charge in [-0.15, -0.1) is 0 Å². The average Bonchev–Trinajstić information content (AvgIpc) is 2.51. The second kappa shape index (κ2) is 4.11. The minimum atomic E-state index is -0.0544. The topological polar surface area (TPSA) is 32.3 Å². The molecular formula is C8H12N2OS. The molecule has 3 nitrogen and oxygen atoms in total. The fraction of sp³-hybridized carbons (Fsp3) is 0.375. The van der Waals surface area contributed by atoms with E-state index in [0.29, 0.717) is 6.54 Å². The molecular weight excluding hydrogens is 172 g/mol. The lowest BCUT2D eigenvalue weighted by Crippen LogP contribution is -2.33. The number of nitrogens with zero attached hydrogens (tertiary/aromatic N) is 1. The van der Waals surface area contributed by atoms with Crippen LogP contribution in [0.5, 0.6) is 0 Å². The highest BCUT2D eigenvalue weighted by Crippen LogP contribution is 2.04. The molecule has 1 aromatic rings. The van der Waals surface area contributed by atoms with Gasteiger partial charge in [-0.2, -0.15) is 11.3 Å². The van der Waals surface area contributed by atoms with E-state index in [1.54, 1.807) is 25.4 Å². The van der Waals surface area contributed by atoms with Crippen molar-refractivity contribution in [1.29, 1.82) is 0 Å². The predicted molar refractivity (Wildman–Crippen MR) is 50.2 cm³/mol. The minimum absolute atomic E-state index is 0.0544. The Kier molecular flexibility index (Phi) is 3.10. The van der Waals surface area contributed by atoms with Gasteiger partial charge in [0.1, 0.15) is 0 Å². The summed E-state index contributed by atoms with van der Waals surface area (Å²) in [6.45, 7) is 0.612. The summed E-state index contributed by atoms with van der Waals surface area (Å²) in [5.74, 6) is 0. The molecule has 66 valence electrons. The van der Waals surface area contributed by atoms with E-state index in [4.69, 9.17) is 0 Å². The Labute approximate surface area is 76.0 Å². The summed E-state index contributed by atoms with van der Waals surface area (Å²) < 4.78 is 0. The normalized spacial score (nSPS) is 9.50. The Morgan fingerprint density at radius 2 is 2.42 bits per heavy atom. The maximum atomic E-state index is 11.1. The zero-order valence-corrected chi connectivity index (χ0v) is 8.02. The fourth-order valence-corrected chi connectivity index (χ4v) is 1.40. The van der Waals surface area contributed by atoms with Crippen molar-refractivity contribution in [2.24, 2.45) is 0 Å². The van der Waals surface area contributed by atoms with E-state index in [2.05, 4.69) is 5.32 Å². The highest BCUT2D eigenvalue weighted by atomic mass is 32.1. The zero-order valence-electron chi connectivity index (χ0n) is 7.20. The van der Waals surface area contributed by atoms with Crippen LogP contribution in [0.1, 0.15) is 5.56 Å². The first-order chi connectivity index (χ1) is 5.70. The van der Waals surface area contributed by atoms with Gasteiger partial charge in [0.05, 0.1) is 0 Å². The fourth-order valence-electron chi connectivity index (χ4n) is 0.729. The summed E-state index contributed by atoms with van der Waals surface area (Å²) in [6.07, 6.45) is 0. The van der Waals surface area contributed by atoms with E-state index < -0.39 is 0 Å². The molecule has 0 unspecified atom stereocenters. The molecule has 1 N–H and O–H groups in total. The predicted octanol–water partition coefficient (Wildman–Crippen LogP) is 1.52. The van der Waals surface area contributed by atoms with Crippen LogP contribution in [-0.4, -0.2) is 25.0 Å². The lowest BCUT2D eigenvalue weighted by molar-refractivity contribution is 0.217. The highest BCUT2D eigenvalue weighted by Gasteiger charge is 2.01. The quantitative estimate of drug-likeness (QED) is 0.742. The summed E-state index contributed by atoms with van der Waals surface area (Å²) in [4.78, 5) is 12.6. The van der Waals surface area contributed by atoms with Gasteiger partial charge < -0.3 is 10.2 Å². The van der Waals surface area contributed by atoms with Crippen LogP contribution in [0.4, 0.5) is 4.79 Å².